The Kier molecular flexibility index (Phi) is 3.42. The number of nitrogens with zero attached hydrogens (tertiary/aromatic N) is 1. The Bertz CT molecular complexity index is 1060. The van der Waals surface area contributed by atoms with Crippen LogP contribution in [0, 0.1) is 23.0 Å². The summed E-state index contributed by atoms with van der Waals surface area (Å²) in [6, 6.07) is 7.69. The Morgan fingerprint density at radius 1 is 1.15 bits per heavy atom. The third-order valence-electron chi connectivity index (χ3n) is 4.59. The quantitative estimate of drug-likeness (QED) is 0.639. The number of hydrogen-bond donors (Lipinski definition) is 1. The van der Waals surface area contributed by atoms with Crippen LogP contribution >= 0.6 is 0 Å². The normalized spacial score (nSPS) is 17.8. The molecular formula is C21H16F2N2O. The lowest BCUT2D eigenvalue weighted by Gasteiger charge is -2.35. The van der Waals surface area contributed by atoms with Gasteiger partial charge in [-0.1, -0.05) is 12.1 Å². The van der Waals surface area contributed by atoms with Gasteiger partial charge in [0.2, 0.25) is 0 Å². The standard InChI is InChI=1S/C21H16F2N2O/c1-11-10-21(2,3)25-16-5-4-13-14-8-12(22)9-15(23)20(14)26-17(6-7-24)19(13)18(11)16/h4-6,8-10,25H,1-3H3. The van der Waals surface area contributed by atoms with Gasteiger partial charge in [0.1, 0.15) is 11.6 Å². The SMILES string of the molecule is CC1=CC(C)(C)Nc2ccc3c(c21)C(=CC#N)Oc1c(F)cc(F)cc1-3. The first kappa shape index (κ1) is 16.3. The zero-order valence-corrected chi connectivity index (χ0v) is 14.6. The molecule has 0 saturated carbocycles. The lowest BCUT2D eigenvalue weighted by Crippen LogP contribution is -2.32. The number of nitriles is 1. The van der Waals surface area contributed by atoms with Crippen molar-refractivity contribution in [1.29, 1.82) is 5.26 Å². The minimum absolute atomic E-state index is 0.0638. The lowest BCUT2D eigenvalue weighted by molar-refractivity contribution is 0.458. The third kappa shape index (κ3) is 2.38. The zero-order chi connectivity index (χ0) is 18.6. The summed E-state index contributed by atoms with van der Waals surface area (Å²) in [5, 5.41) is 12.6. The zero-order valence-electron chi connectivity index (χ0n) is 14.6. The molecule has 130 valence electrons. The number of fused-ring (bicyclic) bond motifs is 5. The number of ether oxygens (including phenoxy) is 1. The van der Waals surface area contributed by atoms with Crippen LogP contribution in [-0.2, 0) is 0 Å². The van der Waals surface area contributed by atoms with E-state index in [9.17, 15) is 8.78 Å². The predicted molar refractivity (Wildman–Crippen MR) is 97.4 cm³/mol. The van der Waals surface area contributed by atoms with Gasteiger partial charge in [0.05, 0.1) is 17.7 Å². The van der Waals surface area contributed by atoms with Crippen LogP contribution in [0.5, 0.6) is 5.75 Å². The Labute approximate surface area is 150 Å². The van der Waals surface area contributed by atoms with Crippen LogP contribution in [-0.4, -0.2) is 5.54 Å². The highest BCUT2D eigenvalue weighted by atomic mass is 19.1. The molecular weight excluding hydrogens is 334 g/mol. The molecule has 0 radical (unpaired) electrons. The van der Waals surface area contributed by atoms with E-state index >= 15 is 0 Å². The summed E-state index contributed by atoms with van der Waals surface area (Å²) in [5.74, 6) is -1.27. The summed E-state index contributed by atoms with van der Waals surface area (Å²) in [4.78, 5) is 0. The molecule has 3 nitrogen and oxygen atoms in total. The highest BCUT2D eigenvalue weighted by Crippen LogP contribution is 2.49. The van der Waals surface area contributed by atoms with E-state index in [1.54, 1.807) is 6.07 Å². The first-order valence-corrected chi connectivity index (χ1v) is 8.23. The Morgan fingerprint density at radius 2 is 1.92 bits per heavy atom. The van der Waals surface area contributed by atoms with Gasteiger partial charge in [0.15, 0.2) is 11.6 Å². The number of benzene rings is 2. The van der Waals surface area contributed by atoms with Gasteiger partial charge in [0, 0.05) is 28.4 Å². The highest BCUT2D eigenvalue weighted by Gasteiger charge is 2.32. The molecule has 0 atom stereocenters. The van der Waals surface area contributed by atoms with Crippen molar-refractivity contribution in [2.24, 2.45) is 0 Å². The average molecular weight is 350 g/mol. The molecule has 0 aromatic heterocycles. The van der Waals surface area contributed by atoms with Gasteiger partial charge in [-0.3, -0.25) is 0 Å². The molecule has 2 aromatic carbocycles. The Balaban J connectivity index is 2.09. The number of anilines is 1. The predicted octanol–water partition coefficient (Wildman–Crippen LogP) is 5.50. The highest BCUT2D eigenvalue weighted by molar-refractivity contribution is 5.97. The fraction of sp³-hybridized carbons (Fsp3) is 0.190. The van der Waals surface area contributed by atoms with Crippen LogP contribution < -0.4 is 10.1 Å². The minimum Gasteiger partial charge on any atom is -0.452 e. The fourth-order valence-corrected chi connectivity index (χ4v) is 3.78. The first-order valence-electron chi connectivity index (χ1n) is 8.23. The van der Waals surface area contributed by atoms with E-state index < -0.39 is 11.6 Å². The molecule has 0 unspecified atom stereocenters. The second-order valence-corrected chi connectivity index (χ2v) is 7.09. The van der Waals surface area contributed by atoms with Crippen molar-refractivity contribution in [3.05, 3.63) is 59.2 Å². The smallest absolute Gasteiger partial charge is 0.171 e. The second-order valence-electron chi connectivity index (χ2n) is 7.09. The van der Waals surface area contributed by atoms with Gasteiger partial charge in [0.25, 0.3) is 0 Å². The molecule has 26 heavy (non-hydrogen) atoms. The molecule has 0 spiro atoms. The summed E-state index contributed by atoms with van der Waals surface area (Å²) in [7, 11) is 0. The van der Waals surface area contributed by atoms with Crippen molar-refractivity contribution in [3.8, 4) is 22.9 Å². The summed E-state index contributed by atoms with van der Waals surface area (Å²) in [5.41, 5.74) is 4.19. The fourth-order valence-electron chi connectivity index (χ4n) is 3.78. The number of allylic oxidation sites excluding steroid dienone is 2. The van der Waals surface area contributed by atoms with E-state index in [0.29, 0.717) is 16.7 Å². The van der Waals surface area contributed by atoms with Crippen LogP contribution in [0.1, 0.15) is 31.9 Å². The Morgan fingerprint density at radius 3 is 2.65 bits per heavy atom. The van der Waals surface area contributed by atoms with E-state index in [-0.39, 0.29) is 17.0 Å². The van der Waals surface area contributed by atoms with E-state index in [2.05, 4.69) is 25.2 Å². The van der Waals surface area contributed by atoms with Gasteiger partial charge in [-0.05, 0) is 44.0 Å². The molecule has 0 amide bonds. The molecule has 2 heterocycles. The maximum Gasteiger partial charge on any atom is 0.171 e. The van der Waals surface area contributed by atoms with Crippen molar-refractivity contribution in [1.82, 2.24) is 0 Å². The molecule has 2 aliphatic heterocycles. The van der Waals surface area contributed by atoms with Gasteiger partial charge in [-0.15, -0.1) is 0 Å². The van der Waals surface area contributed by atoms with Crippen LogP contribution in [0.4, 0.5) is 14.5 Å². The van der Waals surface area contributed by atoms with Crippen molar-refractivity contribution in [3.63, 3.8) is 0 Å². The average Bonchev–Trinajstić information content (AvgIpc) is 2.54. The van der Waals surface area contributed by atoms with Crippen molar-refractivity contribution in [2.75, 3.05) is 5.32 Å². The van der Waals surface area contributed by atoms with Crippen LogP contribution in [0.3, 0.4) is 0 Å². The largest absolute Gasteiger partial charge is 0.452 e. The molecule has 1 N–H and O–H groups in total. The molecule has 0 aliphatic carbocycles. The molecule has 2 aliphatic rings. The Hall–Kier alpha value is -3.13. The number of hydrogen-bond acceptors (Lipinski definition) is 3. The van der Waals surface area contributed by atoms with Crippen molar-refractivity contribution < 1.29 is 13.5 Å². The van der Waals surface area contributed by atoms with E-state index in [1.165, 1.54) is 12.1 Å². The lowest BCUT2D eigenvalue weighted by atomic mass is 9.83. The van der Waals surface area contributed by atoms with Crippen LogP contribution in [0.2, 0.25) is 0 Å². The van der Waals surface area contributed by atoms with Crippen molar-refractivity contribution in [2.45, 2.75) is 26.3 Å². The van der Waals surface area contributed by atoms with E-state index in [1.807, 2.05) is 19.1 Å². The maximum absolute atomic E-state index is 14.3. The first-order chi connectivity index (χ1) is 12.3. The van der Waals surface area contributed by atoms with Crippen LogP contribution in [0.15, 0.2) is 36.4 Å². The van der Waals surface area contributed by atoms with Gasteiger partial charge >= 0.3 is 0 Å². The van der Waals surface area contributed by atoms with Gasteiger partial charge in [-0.25, -0.2) is 8.78 Å². The number of halogens is 2. The number of rotatable bonds is 0. The summed E-state index contributed by atoms with van der Waals surface area (Å²) < 4.78 is 33.8. The summed E-state index contributed by atoms with van der Waals surface area (Å²) in [6.45, 7) is 6.09. The van der Waals surface area contributed by atoms with Gasteiger partial charge < -0.3 is 10.1 Å². The molecule has 0 fully saturated rings. The van der Waals surface area contributed by atoms with Crippen molar-refractivity contribution >= 4 is 17.0 Å². The topological polar surface area (TPSA) is 45.0 Å². The second kappa shape index (κ2) is 5.43. The van der Waals surface area contributed by atoms with E-state index in [4.69, 9.17) is 10.00 Å². The van der Waals surface area contributed by atoms with Gasteiger partial charge in [-0.2, -0.15) is 5.26 Å². The third-order valence-corrected chi connectivity index (χ3v) is 4.59. The van der Waals surface area contributed by atoms with Crippen LogP contribution in [0.25, 0.3) is 22.5 Å². The molecule has 4 rings (SSSR count). The number of nitrogens with one attached hydrogen (secondary N) is 1. The molecule has 0 bridgehead atoms. The molecule has 5 heteroatoms. The monoisotopic (exact) mass is 350 g/mol. The van der Waals surface area contributed by atoms with E-state index in [0.717, 1.165) is 22.9 Å². The summed E-state index contributed by atoms with van der Waals surface area (Å²) in [6.07, 6.45) is 3.33. The summed E-state index contributed by atoms with van der Waals surface area (Å²) >= 11 is 0. The minimum atomic E-state index is -0.793. The molecule has 0 saturated heterocycles. The maximum atomic E-state index is 14.3. The molecule has 2 aromatic rings.